The van der Waals surface area contributed by atoms with E-state index in [4.69, 9.17) is 11.0 Å². The average Bonchev–Trinajstić information content (AvgIpc) is 2.21. The molecule has 1 rings (SSSR count). The lowest BCUT2D eigenvalue weighted by Gasteiger charge is -2.09. The van der Waals surface area contributed by atoms with Gasteiger partial charge in [-0.05, 0) is 11.6 Å². The number of anilines is 1. The monoisotopic (exact) mass is 275 g/mol. The Morgan fingerprint density at radius 3 is 2.73 bits per heavy atom. The third-order valence-corrected chi connectivity index (χ3v) is 2.39. The molecule has 0 saturated carbocycles. The lowest BCUT2D eigenvalue weighted by Crippen LogP contribution is -2.04. The number of hydrogen-bond donors (Lipinski definition) is 1. The number of nitrogens with zero attached hydrogens (tertiary/aromatic N) is 2. The van der Waals surface area contributed by atoms with Crippen molar-refractivity contribution in [2.24, 2.45) is 0 Å². The highest BCUT2D eigenvalue weighted by Crippen LogP contribution is 2.25. The molecule has 15 heavy (non-hydrogen) atoms. The Balaban J connectivity index is 3.26. The van der Waals surface area contributed by atoms with Gasteiger partial charge in [-0.1, -0.05) is 15.9 Å². The van der Waals surface area contributed by atoms with Crippen LogP contribution in [0.2, 0.25) is 0 Å². The van der Waals surface area contributed by atoms with Crippen molar-refractivity contribution in [3.63, 3.8) is 0 Å². The zero-order valence-corrected chi connectivity index (χ0v) is 9.26. The molecule has 0 unspecified atom stereocenters. The van der Waals surface area contributed by atoms with E-state index < -0.39 is 6.43 Å². The summed E-state index contributed by atoms with van der Waals surface area (Å²) < 4.78 is 24.9. The van der Waals surface area contributed by atoms with Crippen molar-refractivity contribution in [3.8, 4) is 6.07 Å². The molecule has 0 aliphatic rings. The number of aromatic nitrogens is 1. The highest BCUT2D eigenvalue weighted by Gasteiger charge is 2.14. The van der Waals surface area contributed by atoms with Gasteiger partial charge < -0.3 is 5.73 Å². The molecule has 0 fully saturated rings. The van der Waals surface area contributed by atoms with Crippen molar-refractivity contribution in [1.82, 2.24) is 4.98 Å². The summed E-state index contributed by atoms with van der Waals surface area (Å²) >= 11 is 3.11. The van der Waals surface area contributed by atoms with Crippen LogP contribution in [-0.4, -0.2) is 4.98 Å². The molecule has 0 amide bonds. The summed E-state index contributed by atoms with van der Waals surface area (Å²) in [5.41, 5.74) is 6.37. The lowest BCUT2D eigenvalue weighted by atomic mass is 10.1. The summed E-state index contributed by atoms with van der Waals surface area (Å²) in [6.07, 6.45) is -2.64. The van der Waals surface area contributed by atoms with Crippen LogP contribution in [0.4, 0.5) is 14.5 Å². The zero-order chi connectivity index (χ0) is 11.4. The van der Waals surface area contributed by atoms with Crippen LogP contribution < -0.4 is 5.73 Å². The molecule has 6 heteroatoms. The quantitative estimate of drug-likeness (QED) is 0.863. The SMILES string of the molecule is N#CCc1cc(C(F)F)nc(CBr)c1N. The zero-order valence-electron chi connectivity index (χ0n) is 7.67. The van der Waals surface area contributed by atoms with Gasteiger partial charge in [0.25, 0.3) is 6.43 Å². The van der Waals surface area contributed by atoms with Crippen LogP contribution in [-0.2, 0) is 11.8 Å². The van der Waals surface area contributed by atoms with Gasteiger partial charge in [-0.25, -0.2) is 13.8 Å². The van der Waals surface area contributed by atoms with Gasteiger partial charge in [-0.3, -0.25) is 0 Å². The Morgan fingerprint density at radius 1 is 1.60 bits per heavy atom. The van der Waals surface area contributed by atoms with Gasteiger partial charge in [0.2, 0.25) is 0 Å². The fourth-order valence-corrected chi connectivity index (χ4v) is 1.56. The van der Waals surface area contributed by atoms with Gasteiger partial charge in [-0.15, -0.1) is 0 Å². The molecule has 0 atom stereocenters. The molecule has 1 heterocycles. The molecule has 3 nitrogen and oxygen atoms in total. The highest BCUT2D eigenvalue weighted by atomic mass is 79.9. The van der Waals surface area contributed by atoms with Crippen molar-refractivity contribution < 1.29 is 8.78 Å². The van der Waals surface area contributed by atoms with Crippen molar-refractivity contribution in [2.45, 2.75) is 18.2 Å². The van der Waals surface area contributed by atoms with E-state index in [-0.39, 0.29) is 17.4 Å². The van der Waals surface area contributed by atoms with Crippen LogP contribution >= 0.6 is 15.9 Å². The minimum Gasteiger partial charge on any atom is -0.397 e. The molecule has 0 bridgehead atoms. The molecule has 1 aromatic heterocycles. The van der Waals surface area contributed by atoms with Crippen LogP contribution in [0.1, 0.15) is 23.4 Å². The molecule has 1 aromatic rings. The van der Waals surface area contributed by atoms with Gasteiger partial charge in [-0.2, -0.15) is 5.26 Å². The lowest BCUT2D eigenvalue weighted by molar-refractivity contribution is 0.146. The first-order valence-electron chi connectivity index (χ1n) is 4.09. The molecule has 0 radical (unpaired) electrons. The Kier molecular flexibility index (Phi) is 3.97. The summed E-state index contributed by atoms with van der Waals surface area (Å²) in [7, 11) is 0. The Hall–Kier alpha value is -1.22. The smallest absolute Gasteiger partial charge is 0.280 e. The second-order valence-electron chi connectivity index (χ2n) is 2.84. The molecule has 0 aliphatic carbocycles. The highest BCUT2D eigenvalue weighted by molar-refractivity contribution is 9.08. The maximum absolute atomic E-state index is 12.4. The van der Waals surface area contributed by atoms with Crippen LogP contribution in [0.3, 0.4) is 0 Å². The van der Waals surface area contributed by atoms with Gasteiger partial charge in [0, 0.05) is 5.33 Å². The molecule has 0 spiro atoms. The van der Waals surface area contributed by atoms with Crippen LogP contribution in [0.25, 0.3) is 0 Å². The fourth-order valence-electron chi connectivity index (χ4n) is 1.14. The van der Waals surface area contributed by atoms with Crippen molar-refractivity contribution in [3.05, 3.63) is 23.0 Å². The maximum atomic E-state index is 12.4. The molecule has 0 aliphatic heterocycles. The number of rotatable bonds is 3. The van der Waals surface area contributed by atoms with E-state index in [2.05, 4.69) is 20.9 Å². The third-order valence-electron chi connectivity index (χ3n) is 1.86. The van der Waals surface area contributed by atoms with Gasteiger partial charge in [0.1, 0.15) is 5.69 Å². The van der Waals surface area contributed by atoms with E-state index in [9.17, 15) is 8.78 Å². The minimum absolute atomic E-state index is 0.00801. The first kappa shape index (κ1) is 11.9. The standard InChI is InChI=1S/C9H8BrF2N3/c10-4-7-8(14)5(1-2-13)3-6(15-7)9(11)12/h3,9H,1,4,14H2. The Labute approximate surface area is 94.0 Å². The molecular formula is C9H8BrF2N3. The van der Waals surface area contributed by atoms with Crippen LogP contribution in [0, 0.1) is 11.3 Å². The Morgan fingerprint density at radius 2 is 2.27 bits per heavy atom. The number of nitriles is 1. The van der Waals surface area contributed by atoms with Crippen molar-refractivity contribution in [1.29, 1.82) is 5.26 Å². The first-order valence-corrected chi connectivity index (χ1v) is 5.21. The van der Waals surface area contributed by atoms with E-state index in [1.807, 2.05) is 6.07 Å². The van der Waals surface area contributed by atoms with Gasteiger partial charge >= 0.3 is 0 Å². The van der Waals surface area contributed by atoms with E-state index in [0.717, 1.165) is 0 Å². The summed E-state index contributed by atoms with van der Waals surface area (Å²) in [6, 6.07) is 3.05. The second-order valence-corrected chi connectivity index (χ2v) is 3.40. The first-order chi connectivity index (χ1) is 7.10. The predicted molar refractivity (Wildman–Crippen MR) is 55.6 cm³/mol. The second kappa shape index (κ2) is 5.03. The van der Waals surface area contributed by atoms with Crippen molar-refractivity contribution in [2.75, 3.05) is 5.73 Å². The molecular weight excluding hydrogens is 268 g/mol. The maximum Gasteiger partial charge on any atom is 0.280 e. The number of halogens is 3. The number of hydrogen-bond acceptors (Lipinski definition) is 3. The Bertz CT molecular complexity index is 401. The van der Waals surface area contributed by atoms with Gasteiger partial charge in [0.05, 0.1) is 23.9 Å². The van der Waals surface area contributed by atoms with E-state index in [1.54, 1.807) is 0 Å². The van der Waals surface area contributed by atoms with Crippen LogP contribution in [0.5, 0.6) is 0 Å². The van der Waals surface area contributed by atoms with Crippen molar-refractivity contribution >= 4 is 21.6 Å². The number of nitrogen functional groups attached to an aromatic ring is 1. The van der Waals surface area contributed by atoms with E-state index in [0.29, 0.717) is 16.9 Å². The normalized spacial score (nSPS) is 10.3. The molecule has 0 aromatic carbocycles. The number of nitrogens with two attached hydrogens (primary N) is 1. The summed E-state index contributed by atoms with van der Waals surface area (Å²) in [6.45, 7) is 0. The number of alkyl halides is 3. The largest absolute Gasteiger partial charge is 0.397 e. The van der Waals surface area contributed by atoms with E-state index >= 15 is 0 Å². The predicted octanol–water partition coefficient (Wildman–Crippen LogP) is 2.56. The minimum atomic E-state index is -2.65. The van der Waals surface area contributed by atoms with Crippen LogP contribution in [0.15, 0.2) is 6.07 Å². The average molecular weight is 276 g/mol. The third kappa shape index (κ3) is 2.63. The van der Waals surface area contributed by atoms with Gasteiger partial charge in [0.15, 0.2) is 0 Å². The fraction of sp³-hybridized carbons (Fsp3) is 0.333. The molecule has 0 saturated heterocycles. The summed E-state index contributed by atoms with van der Waals surface area (Å²) in [4.78, 5) is 3.70. The summed E-state index contributed by atoms with van der Waals surface area (Å²) in [5, 5.41) is 8.80. The topological polar surface area (TPSA) is 62.7 Å². The molecule has 2 N–H and O–H groups in total. The molecule has 80 valence electrons. The van der Waals surface area contributed by atoms with E-state index in [1.165, 1.54) is 6.07 Å². The summed E-state index contributed by atoms with van der Waals surface area (Å²) in [5.74, 6) is 0. The number of pyridine rings is 1.